The maximum absolute atomic E-state index is 13.0. The summed E-state index contributed by atoms with van der Waals surface area (Å²) in [4.78, 5) is 0.538. The fourth-order valence-corrected chi connectivity index (χ4v) is 4.15. The second-order valence-electron chi connectivity index (χ2n) is 5.81. The Morgan fingerprint density at radius 3 is 2.15 bits per heavy atom. The van der Waals surface area contributed by atoms with E-state index in [-0.39, 0.29) is 4.90 Å². The first-order chi connectivity index (χ1) is 12.6. The fraction of sp³-hybridized carbons (Fsp3) is 0.143. The number of rotatable bonds is 7. The Labute approximate surface area is 154 Å². The first-order valence-corrected chi connectivity index (χ1v) is 9.74. The van der Waals surface area contributed by atoms with E-state index >= 15 is 0 Å². The number of benzene rings is 3. The van der Waals surface area contributed by atoms with Crippen molar-refractivity contribution in [3.63, 3.8) is 0 Å². The molecule has 0 aliphatic rings. The summed E-state index contributed by atoms with van der Waals surface area (Å²) < 4.78 is 31.1. The number of sulfone groups is 1. The molecule has 0 fully saturated rings. The van der Waals surface area contributed by atoms with Gasteiger partial charge in [-0.15, -0.1) is 0 Å². The van der Waals surface area contributed by atoms with Crippen molar-refractivity contribution in [2.75, 3.05) is 7.11 Å². The van der Waals surface area contributed by atoms with E-state index in [1.807, 2.05) is 42.5 Å². The van der Waals surface area contributed by atoms with Crippen LogP contribution in [0, 0.1) is 0 Å². The van der Waals surface area contributed by atoms with Crippen LogP contribution in [0.15, 0.2) is 88.7 Å². The van der Waals surface area contributed by atoms with Crippen LogP contribution in [0.4, 0.5) is 0 Å². The predicted octanol–water partition coefficient (Wildman–Crippen LogP) is 3.83. The Kier molecular flexibility index (Phi) is 5.71. The monoisotopic (exact) mass is 366 g/mol. The molecule has 0 aromatic heterocycles. The van der Waals surface area contributed by atoms with Crippen LogP contribution in [-0.4, -0.2) is 15.5 Å². The maximum atomic E-state index is 13.0. The number of ether oxygens (including phenoxy) is 1. The van der Waals surface area contributed by atoms with Crippen LogP contribution in [-0.2, 0) is 22.9 Å². The molecule has 0 aliphatic carbocycles. The molecule has 0 bridgehead atoms. The Hall–Kier alpha value is -2.63. The summed E-state index contributed by atoms with van der Waals surface area (Å²) in [6, 6.07) is 23.3. The van der Waals surface area contributed by atoms with Crippen LogP contribution in [0.3, 0.4) is 0 Å². The Morgan fingerprint density at radius 2 is 1.46 bits per heavy atom. The number of hydrogen-bond acceptors (Lipinski definition) is 3. The third-order valence-electron chi connectivity index (χ3n) is 4.05. The molecule has 0 amide bonds. The van der Waals surface area contributed by atoms with Gasteiger partial charge in [-0.1, -0.05) is 48.5 Å². The molecule has 0 unspecified atom stereocenters. The van der Waals surface area contributed by atoms with Crippen molar-refractivity contribution in [1.82, 2.24) is 5.32 Å². The third kappa shape index (κ3) is 4.12. The first kappa shape index (κ1) is 18.2. The van der Waals surface area contributed by atoms with Crippen molar-refractivity contribution in [1.29, 1.82) is 0 Å². The summed E-state index contributed by atoms with van der Waals surface area (Å²) in [6.45, 7) is 0.901. The van der Waals surface area contributed by atoms with E-state index < -0.39 is 9.84 Å². The van der Waals surface area contributed by atoms with Gasteiger partial charge in [-0.05, 0) is 41.5 Å². The van der Waals surface area contributed by atoms with Crippen LogP contribution in [0.2, 0.25) is 0 Å². The van der Waals surface area contributed by atoms with Gasteiger partial charge in [0.2, 0.25) is 9.84 Å². The molecule has 3 aromatic carbocycles. The molecule has 0 N–H and O–H groups in total. The summed E-state index contributed by atoms with van der Waals surface area (Å²) in [5.41, 5.74) is 1.79. The van der Waals surface area contributed by atoms with Gasteiger partial charge in [-0.3, -0.25) is 0 Å². The molecule has 0 aliphatic heterocycles. The molecule has 0 saturated heterocycles. The Bertz CT molecular complexity index is 952. The maximum Gasteiger partial charge on any atom is 0.206 e. The molecule has 3 rings (SSSR count). The van der Waals surface area contributed by atoms with Crippen molar-refractivity contribution in [2.24, 2.45) is 0 Å². The van der Waals surface area contributed by atoms with Crippen molar-refractivity contribution >= 4 is 9.84 Å². The third-order valence-corrected chi connectivity index (χ3v) is 5.92. The normalized spacial score (nSPS) is 11.3. The van der Waals surface area contributed by atoms with Gasteiger partial charge in [0.25, 0.3) is 0 Å². The highest BCUT2D eigenvalue weighted by molar-refractivity contribution is 7.91. The van der Waals surface area contributed by atoms with Gasteiger partial charge >= 0.3 is 0 Å². The van der Waals surface area contributed by atoms with Gasteiger partial charge < -0.3 is 4.74 Å². The largest absolute Gasteiger partial charge is 0.497 e. The lowest BCUT2D eigenvalue weighted by Crippen LogP contribution is -2.10. The number of nitrogens with zero attached hydrogens (tertiary/aromatic N) is 1. The fourth-order valence-electron chi connectivity index (χ4n) is 2.67. The van der Waals surface area contributed by atoms with E-state index in [1.54, 1.807) is 43.5 Å². The van der Waals surface area contributed by atoms with Gasteiger partial charge in [0.15, 0.2) is 0 Å². The standard InChI is InChI=1S/C21H20NO3S/c1-25-19-11-13-20(14-12-19)26(23,24)21-10-6-5-9-18(21)16-22-15-17-7-3-2-4-8-17/h2-14H,15-16H2,1H3. The minimum absolute atomic E-state index is 0.244. The zero-order chi connectivity index (χ0) is 18.4. The topological polar surface area (TPSA) is 57.5 Å². The van der Waals surface area contributed by atoms with Gasteiger partial charge in [0.1, 0.15) is 5.75 Å². The molecule has 1 radical (unpaired) electrons. The van der Waals surface area contributed by atoms with Crippen molar-refractivity contribution in [3.8, 4) is 5.75 Å². The van der Waals surface area contributed by atoms with E-state index in [1.165, 1.54) is 0 Å². The molecule has 26 heavy (non-hydrogen) atoms. The van der Waals surface area contributed by atoms with Gasteiger partial charge in [0, 0.05) is 13.1 Å². The average Bonchev–Trinajstić information content (AvgIpc) is 2.69. The second kappa shape index (κ2) is 8.17. The van der Waals surface area contributed by atoms with Crippen LogP contribution in [0.1, 0.15) is 11.1 Å². The Morgan fingerprint density at radius 1 is 0.808 bits per heavy atom. The van der Waals surface area contributed by atoms with E-state index in [9.17, 15) is 8.42 Å². The second-order valence-corrected chi connectivity index (χ2v) is 7.73. The number of methoxy groups -OCH3 is 1. The van der Waals surface area contributed by atoms with Gasteiger partial charge in [0.05, 0.1) is 16.9 Å². The summed E-state index contributed by atoms with van der Waals surface area (Å²) in [7, 11) is -2.06. The molecule has 0 heterocycles. The molecular weight excluding hydrogens is 346 g/mol. The molecule has 4 nitrogen and oxygen atoms in total. The van der Waals surface area contributed by atoms with E-state index in [0.717, 1.165) is 5.56 Å². The summed E-state index contributed by atoms with van der Waals surface area (Å²) in [5, 5.41) is 4.52. The minimum Gasteiger partial charge on any atom is -0.497 e. The Balaban J connectivity index is 1.81. The van der Waals surface area contributed by atoms with Crippen molar-refractivity contribution in [2.45, 2.75) is 22.9 Å². The van der Waals surface area contributed by atoms with Gasteiger partial charge in [-0.2, -0.15) is 0 Å². The van der Waals surface area contributed by atoms with Crippen molar-refractivity contribution in [3.05, 3.63) is 90.0 Å². The number of hydrogen-bond donors (Lipinski definition) is 0. The predicted molar refractivity (Wildman–Crippen MR) is 101 cm³/mol. The molecule has 0 spiro atoms. The summed E-state index contributed by atoms with van der Waals surface area (Å²) in [6.07, 6.45) is 0. The van der Waals surface area contributed by atoms with Gasteiger partial charge in [-0.25, -0.2) is 13.7 Å². The zero-order valence-electron chi connectivity index (χ0n) is 14.5. The van der Waals surface area contributed by atoms with E-state index in [0.29, 0.717) is 29.3 Å². The summed E-state index contributed by atoms with van der Waals surface area (Å²) in [5.74, 6) is 0.620. The smallest absolute Gasteiger partial charge is 0.206 e. The highest BCUT2D eigenvalue weighted by atomic mass is 32.2. The molecule has 5 heteroatoms. The lowest BCUT2D eigenvalue weighted by atomic mass is 10.2. The van der Waals surface area contributed by atoms with Crippen LogP contribution < -0.4 is 10.1 Å². The SMILES string of the molecule is COc1ccc(S(=O)(=O)c2ccccc2C[N]Cc2ccccc2)cc1. The van der Waals surface area contributed by atoms with Crippen molar-refractivity contribution < 1.29 is 13.2 Å². The van der Waals surface area contributed by atoms with Crippen LogP contribution in [0.5, 0.6) is 5.75 Å². The minimum atomic E-state index is -3.61. The molecule has 3 aromatic rings. The highest BCUT2D eigenvalue weighted by Crippen LogP contribution is 2.26. The van der Waals surface area contributed by atoms with E-state index in [2.05, 4.69) is 5.32 Å². The molecule has 133 valence electrons. The zero-order valence-corrected chi connectivity index (χ0v) is 15.3. The molecule has 0 saturated carbocycles. The van der Waals surface area contributed by atoms with Crippen LogP contribution >= 0.6 is 0 Å². The van der Waals surface area contributed by atoms with Crippen LogP contribution in [0.25, 0.3) is 0 Å². The molecular formula is C21H20NO3S. The highest BCUT2D eigenvalue weighted by Gasteiger charge is 2.21. The average molecular weight is 366 g/mol. The molecule has 0 atom stereocenters. The lowest BCUT2D eigenvalue weighted by molar-refractivity contribution is 0.414. The quantitative estimate of drug-likeness (QED) is 0.638. The lowest BCUT2D eigenvalue weighted by Gasteiger charge is -2.11. The van der Waals surface area contributed by atoms with E-state index in [4.69, 9.17) is 4.74 Å². The first-order valence-electron chi connectivity index (χ1n) is 8.25. The summed E-state index contributed by atoms with van der Waals surface area (Å²) >= 11 is 0.